The summed E-state index contributed by atoms with van der Waals surface area (Å²) < 4.78 is 0. The Morgan fingerprint density at radius 3 is 3.07 bits per heavy atom. The van der Waals surface area contributed by atoms with Gasteiger partial charge in [-0.1, -0.05) is 0 Å². The van der Waals surface area contributed by atoms with Crippen molar-refractivity contribution >= 4 is 12.3 Å². The van der Waals surface area contributed by atoms with Crippen LogP contribution in [0.2, 0.25) is 0 Å². The van der Waals surface area contributed by atoms with Crippen molar-refractivity contribution in [3.8, 4) is 0 Å². The van der Waals surface area contributed by atoms with E-state index in [1.165, 1.54) is 12.4 Å². The predicted molar refractivity (Wildman–Crippen MR) is 49.6 cm³/mol. The van der Waals surface area contributed by atoms with E-state index >= 15 is 0 Å². The SMILES string of the molecule is O=CNCCCNC(=O)c1cn[nH]c1. The Balaban J connectivity index is 2.13. The zero-order valence-electron chi connectivity index (χ0n) is 7.62. The molecule has 6 heteroatoms. The van der Waals surface area contributed by atoms with Gasteiger partial charge < -0.3 is 10.6 Å². The van der Waals surface area contributed by atoms with Crippen LogP contribution >= 0.6 is 0 Å². The lowest BCUT2D eigenvalue weighted by Gasteiger charge is -2.02. The second-order valence-electron chi connectivity index (χ2n) is 2.67. The maximum Gasteiger partial charge on any atom is 0.254 e. The van der Waals surface area contributed by atoms with Crippen LogP contribution in [0.15, 0.2) is 12.4 Å². The van der Waals surface area contributed by atoms with Gasteiger partial charge in [0.25, 0.3) is 5.91 Å². The molecule has 14 heavy (non-hydrogen) atoms. The molecule has 6 nitrogen and oxygen atoms in total. The number of amides is 2. The fraction of sp³-hybridized carbons (Fsp3) is 0.375. The number of aromatic amines is 1. The molecule has 0 saturated heterocycles. The molecule has 0 radical (unpaired) electrons. The smallest absolute Gasteiger partial charge is 0.254 e. The summed E-state index contributed by atoms with van der Waals surface area (Å²) in [5.41, 5.74) is 0.508. The van der Waals surface area contributed by atoms with Crippen LogP contribution in [0.25, 0.3) is 0 Å². The number of H-pyrrole nitrogens is 1. The Hall–Kier alpha value is -1.85. The molecule has 0 spiro atoms. The number of rotatable bonds is 6. The largest absolute Gasteiger partial charge is 0.359 e. The van der Waals surface area contributed by atoms with Gasteiger partial charge in [-0.2, -0.15) is 5.10 Å². The van der Waals surface area contributed by atoms with E-state index in [4.69, 9.17) is 0 Å². The minimum Gasteiger partial charge on any atom is -0.359 e. The summed E-state index contributed by atoms with van der Waals surface area (Å²) in [7, 11) is 0. The second kappa shape index (κ2) is 5.74. The third-order valence-electron chi connectivity index (χ3n) is 1.63. The number of nitrogens with one attached hydrogen (secondary N) is 3. The molecule has 0 bridgehead atoms. The number of carbonyl (C=O) groups is 2. The van der Waals surface area contributed by atoms with Gasteiger partial charge in [0.1, 0.15) is 0 Å². The molecular weight excluding hydrogens is 184 g/mol. The Morgan fingerprint density at radius 2 is 2.43 bits per heavy atom. The van der Waals surface area contributed by atoms with Crippen LogP contribution in [0.1, 0.15) is 16.8 Å². The molecule has 1 heterocycles. The maximum absolute atomic E-state index is 11.3. The number of nitrogens with zero attached hydrogens (tertiary/aromatic N) is 1. The van der Waals surface area contributed by atoms with E-state index in [0.29, 0.717) is 31.5 Å². The summed E-state index contributed by atoms with van der Waals surface area (Å²) >= 11 is 0. The van der Waals surface area contributed by atoms with Gasteiger partial charge in [0, 0.05) is 19.3 Å². The fourth-order valence-corrected chi connectivity index (χ4v) is 0.928. The molecule has 0 aromatic carbocycles. The molecule has 0 aliphatic carbocycles. The quantitative estimate of drug-likeness (QED) is 0.414. The number of aromatic nitrogens is 2. The Kier molecular flexibility index (Phi) is 4.19. The highest BCUT2D eigenvalue weighted by molar-refractivity contribution is 5.93. The van der Waals surface area contributed by atoms with Gasteiger partial charge in [-0.15, -0.1) is 0 Å². The van der Waals surface area contributed by atoms with Gasteiger partial charge in [-0.05, 0) is 6.42 Å². The average molecular weight is 196 g/mol. The minimum absolute atomic E-state index is 0.162. The van der Waals surface area contributed by atoms with Crippen molar-refractivity contribution in [1.29, 1.82) is 0 Å². The molecule has 0 aliphatic rings. The number of hydrogen-bond donors (Lipinski definition) is 3. The van der Waals surface area contributed by atoms with E-state index < -0.39 is 0 Å². The summed E-state index contributed by atoms with van der Waals surface area (Å²) in [6.07, 6.45) is 4.33. The highest BCUT2D eigenvalue weighted by Gasteiger charge is 2.04. The van der Waals surface area contributed by atoms with Crippen LogP contribution in [0.5, 0.6) is 0 Å². The minimum atomic E-state index is -0.162. The third-order valence-corrected chi connectivity index (χ3v) is 1.63. The molecular formula is C8H12N4O2. The van der Waals surface area contributed by atoms with Crippen LogP contribution in [-0.4, -0.2) is 35.6 Å². The first-order valence-electron chi connectivity index (χ1n) is 4.28. The normalized spacial score (nSPS) is 9.43. The molecule has 1 aromatic heterocycles. The topological polar surface area (TPSA) is 86.9 Å². The van der Waals surface area contributed by atoms with Crippen molar-refractivity contribution in [1.82, 2.24) is 20.8 Å². The first-order chi connectivity index (χ1) is 6.84. The van der Waals surface area contributed by atoms with Crippen LogP contribution in [0.4, 0.5) is 0 Å². The number of carbonyl (C=O) groups excluding carboxylic acids is 2. The molecule has 1 aromatic rings. The summed E-state index contributed by atoms with van der Waals surface area (Å²) in [4.78, 5) is 21.2. The van der Waals surface area contributed by atoms with Gasteiger partial charge in [0.05, 0.1) is 11.8 Å². The van der Waals surface area contributed by atoms with Gasteiger partial charge in [-0.25, -0.2) is 0 Å². The lowest BCUT2D eigenvalue weighted by molar-refractivity contribution is -0.109. The molecule has 0 aliphatic heterocycles. The summed E-state index contributed by atoms with van der Waals surface area (Å²) in [5.74, 6) is -0.162. The fourth-order valence-electron chi connectivity index (χ4n) is 0.928. The molecule has 0 fully saturated rings. The van der Waals surface area contributed by atoms with Gasteiger partial charge in [-0.3, -0.25) is 14.7 Å². The Labute approximate surface area is 81.1 Å². The van der Waals surface area contributed by atoms with Gasteiger partial charge in [0.2, 0.25) is 6.41 Å². The van der Waals surface area contributed by atoms with Gasteiger partial charge in [0.15, 0.2) is 0 Å². The van der Waals surface area contributed by atoms with Crippen molar-refractivity contribution in [2.75, 3.05) is 13.1 Å². The summed E-state index contributed by atoms with van der Waals surface area (Å²) in [6.45, 7) is 1.10. The van der Waals surface area contributed by atoms with E-state index in [0.717, 1.165) is 0 Å². The molecule has 3 N–H and O–H groups in total. The molecule has 0 saturated carbocycles. The van der Waals surface area contributed by atoms with E-state index in [1.54, 1.807) is 0 Å². The Bertz CT molecular complexity index is 284. The average Bonchev–Trinajstić information content (AvgIpc) is 2.70. The van der Waals surface area contributed by atoms with E-state index in [9.17, 15) is 9.59 Å². The maximum atomic E-state index is 11.3. The predicted octanol–water partition coefficient (Wildman–Crippen LogP) is -0.724. The second-order valence-corrected chi connectivity index (χ2v) is 2.67. The highest BCUT2D eigenvalue weighted by atomic mass is 16.1. The standard InChI is InChI=1S/C8H12N4O2/c13-6-9-2-1-3-10-8(14)7-4-11-12-5-7/h4-6H,1-3H2,(H,9,13)(H,10,14)(H,11,12). The van der Waals surface area contributed by atoms with Crippen molar-refractivity contribution < 1.29 is 9.59 Å². The monoisotopic (exact) mass is 196 g/mol. The zero-order valence-corrected chi connectivity index (χ0v) is 7.62. The van der Waals surface area contributed by atoms with E-state index in [1.807, 2.05) is 0 Å². The van der Waals surface area contributed by atoms with Crippen LogP contribution in [-0.2, 0) is 4.79 Å². The molecule has 76 valence electrons. The summed E-state index contributed by atoms with van der Waals surface area (Å²) in [5, 5.41) is 11.4. The van der Waals surface area contributed by atoms with Crippen molar-refractivity contribution in [2.24, 2.45) is 0 Å². The van der Waals surface area contributed by atoms with Crippen LogP contribution in [0, 0.1) is 0 Å². The van der Waals surface area contributed by atoms with Crippen molar-refractivity contribution in [3.05, 3.63) is 18.0 Å². The first-order valence-corrected chi connectivity index (χ1v) is 4.28. The van der Waals surface area contributed by atoms with E-state index in [-0.39, 0.29) is 5.91 Å². The highest BCUT2D eigenvalue weighted by Crippen LogP contribution is 1.92. The lowest BCUT2D eigenvalue weighted by atomic mass is 10.3. The third kappa shape index (κ3) is 3.26. The molecule has 0 atom stereocenters. The molecule has 0 unspecified atom stereocenters. The lowest BCUT2D eigenvalue weighted by Crippen LogP contribution is -2.26. The van der Waals surface area contributed by atoms with Gasteiger partial charge >= 0.3 is 0 Å². The van der Waals surface area contributed by atoms with Crippen LogP contribution in [0.3, 0.4) is 0 Å². The number of hydrogen-bond acceptors (Lipinski definition) is 3. The van der Waals surface area contributed by atoms with E-state index in [2.05, 4.69) is 20.8 Å². The zero-order chi connectivity index (χ0) is 10.2. The Morgan fingerprint density at radius 1 is 1.57 bits per heavy atom. The van der Waals surface area contributed by atoms with Crippen LogP contribution < -0.4 is 10.6 Å². The molecule has 1 rings (SSSR count). The van der Waals surface area contributed by atoms with Crippen molar-refractivity contribution in [3.63, 3.8) is 0 Å². The first kappa shape index (κ1) is 10.2. The van der Waals surface area contributed by atoms with Crippen molar-refractivity contribution in [2.45, 2.75) is 6.42 Å². The molecule has 2 amide bonds. The summed E-state index contributed by atoms with van der Waals surface area (Å²) in [6, 6.07) is 0.